The number of nitrogen functional groups attached to an aromatic ring is 1. The first kappa shape index (κ1) is 12.5. The van der Waals surface area contributed by atoms with Crippen molar-refractivity contribution in [1.82, 2.24) is 19.3 Å². The Balaban J connectivity index is 2.16. The van der Waals surface area contributed by atoms with Gasteiger partial charge in [0.1, 0.15) is 11.3 Å². The number of anilines is 1. The number of benzene rings is 1. The third-order valence-corrected chi connectivity index (χ3v) is 3.23. The Kier molecular flexibility index (Phi) is 2.85. The van der Waals surface area contributed by atoms with Gasteiger partial charge in [-0.05, 0) is 38.1 Å². The van der Waals surface area contributed by atoms with Crippen LogP contribution in [0.25, 0.3) is 16.9 Å². The molecule has 2 aromatic heterocycles. The molecule has 1 aromatic carbocycles. The third-order valence-electron chi connectivity index (χ3n) is 3.23. The Morgan fingerprint density at radius 2 is 1.95 bits per heavy atom. The highest BCUT2D eigenvalue weighted by Gasteiger charge is 2.16. The van der Waals surface area contributed by atoms with Gasteiger partial charge in [0.05, 0.1) is 18.0 Å². The molecule has 0 unspecified atom stereocenters. The first-order valence-corrected chi connectivity index (χ1v) is 6.52. The standard InChI is InChI=1S/C14H17N5O/c1-4-20-11-7-5-10(6-8-11)19-13-12(16-14(19)15)9(2)17-18(13)3/h5-8H,4H2,1-3H3,(H2,15,16). The highest BCUT2D eigenvalue weighted by molar-refractivity contribution is 5.80. The molecule has 0 fully saturated rings. The van der Waals surface area contributed by atoms with Crippen LogP contribution in [-0.4, -0.2) is 25.9 Å². The quantitative estimate of drug-likeness (QED) is 0.791. The van der Waals surface area contributed by atoms with Crippen molar-refractivity contribution in [3.63, 3.8) is 0 Å². The van der Waals surface area contributed by atoms with Crippen molar-refractivity contribution in [1.29, 1.82) is 0 Å². The molecule has 6 heteroatoms. The maximum Gasteiger partial charge on any atom is 0.207 e. The van der Waals surface area contributed by atoms with Crippen molar-refractivity contribution in [3.05, 3.63) is 30.0 Å². The lowest BCUT2D eigenvalue weighted by Gasteiger charge is -2.08. The summed E-state index contributed by atoms with van der Waals surface area (Å²) in [6, 6.07) is 7.77. The zero-order chi connectivity index (χ0) is 14.3. The van der Waals surface area contributed by atoms with E-state index in [0.29, 0.717) is 12.6 Å². The molecule has 0 bridgehead atoms. The number of hydrogen-bond donors (Lipinski definition) is 1. The monoisotopic (exact) mass is 271 g/mol. The van der Waals surface area contributed by atoms with E-state index in [1.807, 2.05) is 49.7 Å². The number of imidazole rings is 1. The van der Waals surface area contributed by atoms with Crippen LogP contribution in [0.4, 0.5) is 5.95 Å². The van der Waals surface area contributed by atoms with Gasteiger partial charge in [-0.3, -0.25) is 4.57 Å². The molecule has 20 heavy (non-hydrogen) atoms. The molecule has 0 aliphatic heterocycles. The van der Waals surface area contributed by atoms with E-state index in [2.05, 4.69) is 10.1 Å². The van der Waals surface area contributed by atoms with Crippen LogP contribution in [0.1, 0.15) is 12.6 Å². The van der Waals surface area contributed by atoms with E-state index in [0.717, 1.165) is 28.3 Å². The molecule has 0 aliphatic carbocycles. The van der Waals surface area contributed by atoms with E-state index in [9.17, 15) is 0 Å². The Labute approximate surface area is 116 Å². The normalized spacial score (nSPS) is 11.2. The topological polar surface area (TPSA) is 70.9 Å². The summed E-state index contributed by atoms with van der Waals surface area (Å²) in [5.74, 6) is 1.30. The first-order chi connectivity index (χ1) is 9.61. The maximum absolute atomic E-state index is 6.04. The van der Waals surface area contributed by atoms with Crippen LogP contribution in [0.5, 0.6) is 5.75 Å². The molecule has 0 radical (unpaired) electrons. The number of nitrogens with two attached hydrogens (primary N) is 1. The molecule has 2 heterocycles. The molecular formula is C14H17N5O. The minimum atomic E-state index is 0.459. The molecule has 3 rings (SSSR count). The highest BCUT2D eigenvalue weighted by Crippen LogP contribution is 2.25. The lowest BCUT2D eigenvalue weighted by atomic mass is 10.3. The average Bonchev–Trinajstić information content (AvgIpc) is 2.89. The van der Waals surface area contributed by atoms with Gasteiger partial charge in [-0.15, -0.1) is 0 Å². The van der Waals surface area contributed by atoms with E-state index in [-0.39, 0.29) is 0 Å². The fourth-order valence-corrected chi connectivity index (χ4v) is 2.40. The van der Waals surface area contributed by atoms with Gasteiger partial charge >= 0.3 is 0 Å². The van der Waals surface area contributed by atoms with Crippen LogP contribution in [-0.2, 0) is 7.05 Å². The maximum atomic E-state index is 6.04. The van der Waals surface area contributed by atoms with Crippen molar-refractivity contribution >= 4 is 17.1 Å². The van der Waals surface area contributed by atoms with Gasteiger partial charge < -0.3 is 10.5 Å². The first-order valence-electron chi connectivity index (χ1n) is 6.52. The Hall–Kier alpha value is -2.50. The number of nitrogens with zero attached hydrogens (tertiary/aromatic N) is 4. The summed E-state index contributed by atoms with van der Waals surface area (Å²) in [6.07, 6.45) is 0. The second-order valence-corrected chi connectivity index (χ2v) is 4.61. The highest BCUT2D eigenvalue weighted by atomic mass is 16.5. The minimum Gasteiger partial charge on any atom is -0.494 e. The van der Waals surface area contributed by atoms with Crippen LogP contribution in [0.2, 0.25) is 0 Å². The largest absolute Gasteiger partial charge is 0.494 e. The number of fused-ring (bicyclic) bond motifs is 1. The second kappa shape index (κ2) is 4.56. The lowest BCUT2D eigenvalue weighted by Crippen LogP contribution is -2.04. The van der Waals surface area contributed by atoms with Crippen LogP contribution >= 0.6 is 0 Å². The van der Waals surface area contributed by atoms with Crippen LogP contribution in [0, 0.1) is 6.92 Å². The number of ether oxygens (including phenoxy) is 1. The van der Waals surface area contributed by atoms with Gasteiger partial charge in [-0.2, -0.15) is 5.10 Å². The van der Waals surface area contributed by atoms with E-state index < -0.39 is 0 Å². The van der Waals surface area contributed by atoms with Gasteiger partial charge in [0.25, 0.3) is 0 Å². The fraction of sp³-hybridized carbons (Fsp3) is 0.286. The molecule has 2 N–H and O–H groups in total. The predicted octanol–water partition coefficient (Wildman–Crippen LogP) is 2.05. The van der Waals surface area contributed by atoms with E-state index in [4.69, 9.17) is 10.5 Å². The lowest BCUT2D eigenvalue weighted by molar-refractivity contribution is 0.340. The number of rotatable bonds is 3. The molecule has 0 spiro atoms. The summed E-state index contributed by atoms with van der Waals surface area (Å²) in [5.41, 5.74) is 9.58. The van der Waals surface area contributed by atoms with E-state index >= 15 is 0 Å². The smallest absolute Gasteiger partial charge is 0.207 e. The molecule has 0 amide bonds. The number of aromatic nitrogens is 4. The van der Waals surface area contributed by atoms with Crippen LogP contribution in [0.3, 0.4) is 0 Å². The molecule has 104 valence electrons. The second-order valence-electron chi connectivity index (χ2n) is 4.61. The molecule has 6 nitrogen and oxygen atoms in total. The molecular weight excluding hydrogens is 254 g/mol. The summed E-state index contributed by atoms with van der Waals surface area (Å²) < 4.78 is 9.14. The molecule has 3 aromatic rings. The molecule has 0 saturated heterocycles. The van der Waals surface area contributed by atoms with Crippen LogP contribution in [0.15, 0.2) is 24.3 Å². The minimum absolute atomic E-state index is 0.459. The zero-order valence-electron chi connectivity index (χ0n) is 11.8. The number of aryl methyl sites for hydroxylation is 2. The summed E-state index contributed by atoms with van der Waals surface area (Å²) in [7, 11) is 1.89. The summed E-state index contributed by atoms with van der Waals surface area (Å²) >= 11 is 0. The summed E-state index contributed by atoms with van der Waals surface area (Å²) in [6.45, 7) is 4.54. The molecule has 0 atom stereocenters. The van der Waals surface area contributed by atoms with Crippen molar-refractivity contribution in [2.75, 3.05) is 12.3 Å². The van der Waals surface area contributed by atoms with E-state index in [1.54, 1.807) is 4.68 Å². The average molecular weight is 271 g/mol. The predicted molar refractivity (Wildman–Crippen MR) is 78.2 cm³/mol. The zero-order valence-corrected chi connectivity index (χ0v) is 11.8. The van der Waals surface area contributed by atoms with Crippen molar-refractivity contribution < 1.29 is 4.74 Å². The van der Waals surface area contributed by atoms with Gasteiger partial charge in [-0.25, -0.2) is 9.67 Å². The van der Waals surface area contributed by atoms with Gasteiger partial charge in [0, 0.05) is 7.05 Å². The number of hydrogen-bond acceptors (Lipinski definition) is 4. The Bertz CT molecular complexity index is 754. The van der Waals surface area contributed by atoms with E-state index in [1.165, 1.54) is 0 Å². The van der Waals surface area contributed by atoms with Crippen LogP contribution < -0.4 is 10.5 Å². The van der Waals surface area contributed by atoms with Crippen molar-refractivity contribution in [2.24, 2.45) is 7.05 Å². The van der Waals surface area contributed by atoms with Gasteiger partial charge in [0.2, 0.25) is 5.95 Å². The Morgan fingerprint density at radius 3 is 2.60 bits per heavy atom. The summed E-state index contributed by atoms with van der Waals surface area (Å²) in [4.78, 5) is 4.39. The van der Waals surface area contributed by atoms with Gasteiger partial charge in [-0.1, -0.05) is 0 Å². The summed E-state index contributed by atoms with van der Waals surface area (Å²) in [5, 5.41) is 4.38. The molecule has 0 aliphatic rings. The SMILES string of the molecule is CCOc1ccc(-n2c(N)nc3c(C)nn(C)c32)cc1. The Morgan fingerprint density at radius 1 is 1.25 bits per heavy atom. The van der Waals surface area contributed by atoms with Crippen molar-refractivity contribution in [2.45, 2.75) is 13.8 Å². The third kappa shape index (κ3) is 1.80. The molecule has 0 saturated carbocycles. The fourth-order valence-electron chi connectivity index (χ4n) is 2.40. The van der Waals surface area contributed by atoms with Crippen molar-refractivity contribution in [3.8, 4) is 11.4 Å². The van der Waals surface area contributed by atoms with Gasteiger partial charge in [0.15, 0.2) is 5.65 Å².